The molecule has 1 amide bonds. The summed E-state index contributed by atoms with van der Waals surface area (Å²) in [5.74, 6) is -0.142. The van der Waals surface area contributed by atoms with Crippen LogP contribution in [-0.4, -0.2) is 32.0 Å². The number of aryl methyl sites for hydroxylation is 1. The second kappa shape index (κ2) is 10.1. The van der Waals surface area contributed by atoms with Gasteiger partial charge in [-0.25, -0.2) is 0 Å². The van der Waals surface area contributed by atoms with Crippen LogP contribution in [0.15, 0.2) is 85.1 Å². The fourth-order valence-corrected chi connectivity index (χ4v) is 5.41. The van der Waals surface area contributed by atoms with Crippen molar-refractivity contribution in [2.75, 3.05) is 11.9 Å². The molecule has 0 saturated carbocycles. The normalized spacial score (nSPS) is 17.2. The smallest absolute Gasteiger partial charge is 0.244 e. The van der Waals surface area contributed by atoms with E-state index >= 15 is 0 Å². The molecule has 36 heavy (non-hydrogen) atoms. The fourth-order valence-electron chi connectivity index (χ4n) is 4.88. The predicted molar refractivity (Wildman–Crippen MR) is 147 cm³/mol. The van der Waals surface area contributed by atoms with E-state index in [2.05, 4.69) is 40.1 Å². The summed E-state index contributed by atoms with van der Waals surface area (Å²) < 4.78 is 2.15. The van der Waals surface area contributed by atoms with Crippen molar-refractivity contribution in [3.63, 3.8) is 0 Å². The Bertz CT molecular complexity index is 1410. The van der Waals surface area contributed by atoms with Gasteiger partial charge in [0.2, 0.25) is 5.91 Å². The summed E-state index contributed by atoms with van der Waals surface area (Å²) in [6.45, 7) is 4.23. The van der Waals surface area contributed by atoms with Crippen LogP contribution in [0.25, 0.3) is 5.69 Å². The zero-order valence-corrected chi connectivity index (χ0v) is 21.6. The van der Waals surface area contributed by atoms with Gasteiger partial charge in [0, 0.05) is 23.3 Å². The number of anilines is 1. The first-order valence-corrected chi connectivity index (χ1v) is 12.5. The third kappa shape index (κ3) is 4.59. The number of halogens is 1. The average molecular weight is 516 g/mol. The lowest BCUT2D eigenvalue weighted by molar-refractivity contribution is -0.116. The molecule has 0 bridgehead atoms. The van der Waals surface area contributed by atoms with E-state index in [1.807, 2.05) is 77.7 Å². The number of para-hydroxylation sites is 2. The van der Waals surface area contributed by atoms with Gasteiger partial charge in [0.15, 0.2) is 5.11 Å². The van der Waals surface area contributed by atoms with Gasteiger partial charge in [-0.2, -0.15) is 0 Å². The third-order valence-corrected chi connectivity index (χ3v) is 7.12. The van der Waals surface area contributed by atoms with Crippen LogP contribution in [0.5, 0.6) is 0 Å². The van der Waals surface area contributed by atoms with Gasteiger partial charge >= 0.3 is 0 Å². The molecule has 0 aliphatic carbocycles. The number of nitrogens with one attached hydrogen (secondary N) is 2. The Morgan fingerprint density at radius 1 is 1.06 bits per heavy atom. The van der Waals surface area contributed by atoms with Gasteiger partial charge in [0.25, 0.3) is 0 Å². The molecule has 1 aliphatic heterocycles. The minimum absolute atomic E-state index is 0.102. The standard InChI is InChI=1S/C28H26ClN5OS/c1-18-16-21(19(2)34(18)24-14-7-6-12-22(24)29)27-26(23-13-8-9-15-30-23)32-28(36)33(27)17-25(35)31-20-10-4-3-5-11-20/h3-16,26-27H,17H2,1-2H3,(H,31,35)(H,32,36). The van der Waals surface area contributed by atoms with Gasteiger partial charge in [-0.3, -0.25) is 9.78 Å². The molecule has 2 aromatic carbocycles. The highest BCUT2D eigenvalue weighted by Gasteiger charge is 2.42. The number of amides is 1. The molecule has 1 fully saturated rings. The maximum Gasteiger partial charge on any atom is 0.244 e. The molecule has 1 saturated heterocycles. The van der Waals surface area contributed by atoms with E-state index in [0.29, 0.717) is 10.1 Å². The van der Waals surface area contributed by atoms with E-state index in [4.69, 9.17) is 23.8 Å². The molecule has 5 rings (SSSR count). The van der Waals surface area contributed by atoms with E-state index in [1.54, 1.807) is 6.20 Å². The van der Waals surface area contributed by atoms with Crippen LogP contribution in [0.3, 0.4) is 0 Å². The predicted octanol–water partition coefficient (Wildman–Crippen LogP) is 5.75. The van der Waals surface area contributed by atoms with Gasteiger partial charge in [-0.15, -0.1) is 0 Å². The summed E-state index contributed by atoms with van der Waals surface area (Å²) >= 11 is 12.3. The molecule has 2 aromatic heterocycles. The van der Waals surface area contributed by atoms with Crippen LogP contribution in [-0.2, 0) is 4.79 Å². The summed E-state index contributed by atoms with van der Waals surface area (Å²) in [7, 11) is 0. The minimum Gasteiger partial charge on any atom is -0.352 e. The molecule has 2 atom stereocenters. The van der Waals surface area contributed by atoms with Crippen molar-refractivity contribution in [3.8, 4) is 5.69 Å². The monoisotopic (exact) mass is 515 g/mol. The van der Waals surface area contributed by atoms with Crippen LogP contribution in [0.2, 0.25) is 5.02 Å². The van der Waals surface area contributed by atoms with Crippen molar-refractivity contribution < 1.29 is 4.79 Å². The Hall–Kier alpha value is -3.68. The number of carbonyl (C=O) groups excluding carboxylic acids is 1. The number of thiocarbonyl (C=S) groups is 1. The van der Waals surface area contributed by atoms with Crippen molar-refractivity contribution in [2.45, 2.75) is 25.9 Å². The van der Waals surface area contributed by atoms with Crippen molar-refractivity contribution in [2.24, 2.45) is 0 Å². The molecule has 182 valence electrons. The Morgan fingerprint density at radius 3 is 2.50 bits per heavy atom. The molecule has 0 radical (unpaired) electrons. The van der Waals surface area contributed by atoms with Gasteiger partial charge in [-0.1, -0.05) is 48.0 Å². The van der Waals surface area contributed by atoms with Crippen LogP contribution < -0.4 is 10.6 Å². The molecule has 6 nitrogen and oxygen atoms in total. The summed E-state index contributed by atoms with van der Waals surface area (Å²) in [6.07, 6.45) is 1.77. The molecule has 4 aromatic rings. The van der Waals surface area contributed by atoms with E-state index in [1.165, 1.54) is 0 Å². The number of benzene rings is 2. The molecular formula is C28H26ClN5OS. The third-order valence-electron chi connectivity index (χ3n) is 6.45. The zero-order valence-electron chi connectivity index (χ0n) is 20.0. The van der Waals surface area contributed by atoms with Crippen molar-refractivity contribution >= 4 is 40.5 Å². The molecule has 2 unspecified atom stereocenters. The summed E-state index contributed by atoms with van der Waals surface area (Å²) in [6, 6.07) is 24.7. The Morgan fingerprint density at radius 2 is 1.78 bits per heavy atom. The number of carbonyl (C=O) groups is 1. The number of hydrogen-bond donors (Lipinski definition) is 2. The molecular weight excluding hydrogens is 490 g/mol. The van der Waals surface area contributed by atoms with Gasteiger partial charge in [0.1, 0.15) is 6.54 Å². The number of aromatic nitrogens is 2. The second-order valence-corrected chi connectivity index (χ2v) is 9.58. The minimum atomic E-state index is -0.239. The first kappa shape index (κ1) is 24.0. The highest BCUT2D eigenvalue weighted by atomic mass is 35.5. The maximum absolute atomic E-state index is 13.1. The van der Waals surface area contributed by atoms with Crippen molar-refractivity contribution in [3.05, 3.63) is 113 Å². The van der Waals surface area contributed by atoms with Crippen molar-refractivity contribution in [1.29, 1.82) is 0 Å². The number of hydrogen-bond acceptors (Lipinski definition) is 3. The molecule has 0 spiro atoms. The largest absolute Gasteiger partial charge is 0.352 e. The van der Waals surface area contributed by atoms with Crippen LogP contribution in [0, 0.1) is 13.8 Å². The number of rotatable bonds is 6. The van der Waals surface area contributed by atoms with E-state index in [-0.39, 0.29) is 24.5 Å². The first-order chi connectivity index (χ1) is 17.4. The quantitative estimate of drug-likeness (QED) is 0.320. The van der Waals surface area contributed by atoms with E-state index < -0.39 is 0 Å². The highest BCUT2D eigenvalue weighted by molar-refractivity contribution is 7.80. The van der Waals surface area contributed by atoms with Crippen LogP contribution in [0.1, 0.15) is 34.7 Å². The molecule has 2 N–H and O–H groups in total. The Labute approximate surface area is 220 Å². The Balaban J connectivity index is 1.55. The molecule has 3 heterocycles. The maximum atomic E-state index is 13.1. The van der Waals surface area contributed by atoms with Crippen LogP contribution >= 0.6 is 23.8 Å². The van der Waals surface area contributed by atoms with Gasteiger partial charge < -0.3 is 20.1 Å². The van der Waals surface area contributed by atoms with E-state index in [0.717, 1.165) is 34.0 Å². The summed E-state index contributed by atoms with van der Waals surface area (Å²) in [4.78, 5) is 19.6. The van der Waals surface area contributed by atoms with Gasteiger partial charge in [0.05, 0.1) is 28.5 Å². The zero-order chi connectivity index (χ0) is 25.2. The SMILES string of the molecule is Cc1cc(C2C(c3ccccn3)NC(=S)N2CC(=O)Nc2ccccc2)c(C)n1-c1ccccc1Cl. The fraction of sp³-hybridized carbons (Fsp3) is 0.179. The van der Waals surface area contributed by atoms with E-state index in [9.17, 15) is 4.79 Å². The lowest BCUT2D eigenvalue weighted by Crippen LogP contribution is -2.37. The van der Waals surface area contributed by atoms with Crippen molar-refractivity contribution in [1.82, 2.24) is 19.8 Å². The second-order valence-electron chi connectivity index (χ2n) is 8.78. The Kier molecular flexibility index (Phi) is 6.76. The van der Waals surface area contributed by atoms with Gasteiger partial charge in [-0.05, 0) is 74.1 Å². The summed E-state index contributed by atoms with van der Waals surface area (Å²) in [5.41, 5.74) is 5.65. The van der Waals surface area contributed by atoms with Crippen LogP contribution in [0.4, 0.5) is 5.69 Å². The first-order valence-electron chi connectivity index (χ1n) is 11.7. The highest BCUT2D eigenvalue weighted by Crippen LogP contribution is 2.41. The number of pyridine rings is 1. The average Bonchev–Trinajstić information content (AvgIpc) is 3.35. The molecule has 8 heteroatoms. The lowest BCUT2D eigenvalue weighted by atomic mass is 9.96. The molecule has 1 aliphatic rings. The topological polar surface area (TPSA) is 62.2 Å². The lowest BCUT2D eigenvalue weighted by Gasteiger charge is -2.27. The summed E-state index contributed by atoms with van der Waals surface area (Å²) in [5, 5.41) is 7.59. The number of nitrogens with zero attached hydrogens (tertiary/aromatic N) is 3.